The van der Waals surface area contributed by atoms with E-state index in [-0.39, 0.29) is 19.4 Å². The molecule has 1 aliphatic rings. The Morgan fingerprint density at radius 3 is 1.24 bits per heavy atom. The molecule has 0 saturated carbocycles. The van der Waals surface area contributed by atoms with Crippen molar-refractivity contribution in [2.75, 3.05) is 13.2 Å². The first-order valence-corrected chi connectivity index (χ1v) is 34.6. The van der Waals surface area contributed by atoms with Crippen molar-refractivity contribution in [3.05, 3.63) is 146 Å². The molecule has 0 aromatic heterocycles. The van der Waals surface area contributed by atoms with E-state index in [0.717, 1.165) is 154 Å². The number of unbranched alkanes of at least 4 members (excludes halogenated alkanes) is 21. The maximum atomic E-state index is 13.5. The number of carbonyl (C=O) groups excluding carboxylic acids is 2. The van der Waals surface area contributed by atoms with Gasteiger partial charge in [0.1, 0.15) is 24.4 Å². The van der Waals surface area contributed by atoms with Crippen molar-refractivity contribution in [1.29, 1.82) is 0 Å². The minimum Gasteiger partial charge on any atom is -0.454 e. The van der Waals surface area contributed by atoms with Crippen LogP contribution < -0.4 is 5.32 Å². The quantitative estimate of drug-likeness (QED) is 0.0195. The fraction of sp³-hybridized carbons (Fsp3) is 0.658. The number of hydrogen-bond acceptors (Lipinski definition) is 10. The van der Waals surface area contributed by atoms with E-state index in [1.54, 1.807) is 6.08 Å². The van der Waals surface area contributed by atoms with Gasteiger partial charge >= 0.3 is 5.97 Å². The molecule has 1 heterocycles. The Morgan fingerprint density at radius 2 is 0.828 bits per heavy atom. The molecule has 1 aliphatic heterocycles. The third kappa shape index (κ3) is 49.1. The second-order valence-corrected chi connectivity index (χ2v) is 23.1. The first-order valence-electron chi connectivity index (χ1n) is 34.6. The Bertz CT molecular complexity index is 1980. The van der Waals surface area contributed by atoms with Gasteiger partial charge in [-0.3, -0.25) is 9.59 Å². The molecule has 87 heavy (non-hydrogen) atoms. The van der Waals surface area contributed by atoms with Gasteiger partial charge in [0.05, 0.1) is 25.4 Å². The van der Waals surface area contributed by atoms with E-state index < -0.39 is 67.4 Å². The predicted molar refractivity (Wildman–Crippen MR) is 365 cm³/mol. The average Bonchev–Trinajstić information content (AvgIpc) is 1.52. The molecule has 0 radical (unpaired) electrons. The lowest BCUT2D eigenvalue weighted by atomic mass is 9.99. The molecule has 11 nitrogen and oxygen atoms in total. The van der Waals surface area contributed by atoms with E-state index in [2.05, 4.69) is 160 Å². The summed E-state index contributed by atoms with van der Waals surface area (Å²) in [6.07, 6.45) is 78.7. The molecule has 0 aromatic rings. The van der Waals surface area contributed by atoms with Crippen molar-refractivity contribution in [3.63, 3.8) is 0 Å². The van der Waals surface area contributed by atoms with Gasteiger partial charge in [-0.1, -0.05) is 276 Å². The van der Waals surface area contributed by atoms with Crippen LogP contribution in [0.5, 0.6) is 0 Å². The predicted octanol–water partition coefficient (Wildman–Crippen LogP) is 17.7. The molecular formula is C76H125NO10. The minimum absolute atomic E-state index is 0.0755. The lowest BCUT2D eigenvalue weighted by Crippen LogP contribution is -2.61. The molecule has 1 fully saturated rings. The molecule has 8 unspecified atom stereocenters. The summed E-state index contributed by atoms with van der Waals surface area (Å²) in [5.74, 6) is -1.25. The number of nitrogens with one attached hydrogen (secondary N) is 1. The fourth-order valence-corrected chi connectivity index (χ4v) is 9.86. The van der Waals surface area contributed by atoms with Crippen molar-refractivity contribution in [2.24, 2.45) is 0 Å². The van der Waals surface area contributed by atoms with E-state index in [9.17, 15) is 35.1 Å². The normalized spacial score (nSPS) is 19.2. The lowest BCUT2D eigenvalue weighted by molar-refractivity contribution is -0.305. The molecule has 0 spiro atoms. The van der Waals surface area contributed by atoms with Gasteiger partial charge in [0.25, 0.3) is 0 Å². The Hall–Kier alpha value is -4.46. The van der Waals surface area contributed by atoms with E-state index >= 15 is 0 Å². The largest absolute Gasteiger partial charge is 0.454 e. The zero-order valence-electron chi connectivity index (χ0n) is 54.8. The summed E-state index contributed by atoms with van der Waals surface area (Å²) >= 11 is 0. The van der Waals surface area contributed by atoms with Crippen molar-refractivity contribution in [2.45, 2.75) is 307 Å². The van der Waals surface area contributed by atoms with E-state index in [1.807, 2.05) is 6.08 Å². The van der Waals surface area contributed by atoms with Crippen LogP contribution in [0.2, 0.25) is 0 Å². The van der Waals surface area contributed by atoms with Gasteiger partial charge in [0.2, 0.25) is 5.91 Å². The number of hydrogen-bond donors (Lipinski definition) is 6. The average molecular weight is 1210 g/mol. The number of carbonyl (C=O) groups is 2. The first-order chi connectivity index (χ1) is 42.7. The van der Waals surface area contributed by atoms with Crippen molar-refractivity contribution < 1.29 is 49.3 Å². The summed E-state index contributed by atoms with van der Waals surface area (Å²) < 4.78 is 17.6. The van der Waals surface area contributed by atoms with E-state index in [1.165, 1.54) is 57.8 Å². The van der Waals surface area contributed by atoms with Crippen LogP contribution in [-0.4, -0.2) is 99.6 Å². The Labute approximate surface area is 530 Å². The number of aliphatic hydroxyl groups is 5. The molecule has 11 heteroatoms. The zero-order chi connectivity index (χ0) is 63.1. The Morgan fingerprint density at radius 1 is 0.460 bits per heavy atom. The number of ether oxygens (including phenoxy) is 3. The SMILES string of the molecule is CC/C=C\C/C=C\C/C=C\C/C=C\C/C=C\C/C=C\CCCCCCCCCC(O)C(=O)NC(COC1OC(CO)C(O)C(O)C1OC(=O)CCCCC/C=C\C/C=C\C/C=C\C/C=C\C/C=C\CC)C(O)/C=C/CCCCCCCCCCCCC. The molecule has 0 aromatic carbocycles. The maximum absolute atomic E-state index is 13.5. The van der Waals surface area contributed by atoms with Crippen LogP contribution in [0, 0.1) is 0 Å². The van der Waals surface area contributed by atoms with Crippen LogP contribution in [0.1, 0.15) is 258 Å². The van der Waals surface area contributed by atoms with Gasteiger partial charge in [0.15, 0.2) is 12.4 Å². The minimum atomic E-state index is -1.64. The van der Waals surface area contributed by atoms with Crippen molar-refractivity contribution >= 4 is 11.9 Å². The second kappa shape index (κ2) is 61.8. The van der Waals surface area contributed by atoms with Gasteiger partial charge in [-0.2, -0.15) is 0 Å². The molecule has 0 bridgehead atoms. The van der Waals surface area contributed by atoms with Crippen LogP contribution in [0.3, 0.4) is 0 Å². The molecule has 1 saturated heterocycles. The fourth-order valence-electron chi connectivity index (χ4n) is 9.86. The maximum Gasteiger partial charge on any atom is 0.306 e. The number of aliphatic hydroxyl groups excluding tert-OH is 5. The molecular weight excluding hydrogens is 1090 g/mol. The van der Waals surface area contributed by atoms with Crippen LogP contribution in [0.25, 0.3) is 0 Å². The number of allylic oxidation sites excluding steroid dienone is 23. The molecule has 6 N–H and O–H groups in total. The highest BCUT2D eigenvalue weighted by Crippen LogP contribution is 2.26. The second-order valence-electron chi connectivity index (χ2n) is 23.1. The standard InChI is InChI=1S/C76H125NO10/c1-4-7-10-13-16-19-22-25-27-29-31-32-33-34-35-36-37-39-40-42-45-48-51-54-57-60-63-69(80)75(84)77-67(68(79)62-59-56-53-50-47-44-24-21-18-15-12-9-6-3)66-85-76-74(73(83)72(82)70(65-78)86-76)87-71(81)64-61-58-55-52-49-46-43-41-38-30-28-26-23-20-17-14-11-8-5-2/h7-8,10-11,16-17,19-20,25-28,31-32,34-35,37-39,41,46,49,59,62,67-70,72-74,76,78-80,82-83H,4-6,9,12-15,18,21-24,29-30,33,36,40,42-45,47-48,50-58,60-61,63-66H2,1-3H3,(H,77,84)/b10-7-,11-8-,19-16-,20-17-,27-25-,28-26-,32-31-,35-34-,39-37-,41-38-,49-46-,62-59+. The van der Waals surface area contributed by atoms with Crippen LogP contribution >= 0.6 is 0 Å². The third-order valence-electron chi connectivity index (χ3n) is 15.2. The number of amides is 1. The number of rotatable bonds is 57. The first kappa shape index (κ1) is 80.6. The van der Waals surface area contributed by atoms with Crippen molar-refractivity contribution in [1.82, 2.24) is 5.32 Å². The summed E-state index contributed by atoms with van der Waals surface area (Å²) in [5.41, 5.74) is 0. The van der Waals surface area contributed by atoms with E-state index in [0.29, 0.717) is 12.8 Å². The third-order valence-corrected chi connectivity index (χ3v) is 15.2. The van der Waals surface area contributed by atoms with Crippen LogP contribution in [0.15, 0.2) is 146 Å². The zero-order valence-corrected chi connectivity index (χ0v) is 54.8. The smallest absolute Gasteiger partial charge is 0.306 e. The van der Waals surface area contributed by atoms with Gasteiger partial charge in [0, 0.05) is 6.42 Å². The van der Waals surface area contributed by atoms with Crippen molar-refractivity contribution in [3.8, 4) is 0 Å². The molecule has 0 aliphatic carbocycles. The monoisotopic (exact) mass is 1210 g/mol. The highest BCUT2D eigenvalue weighted by Gasteiger charge is 2.47. The molecule has 1 amide bonds. The highest BCUT2D eigenvalue weighted by atomic mass is 16.7. The topological polar surface area (TPSA) is 175 Å². The lowest BCUT2D eigenvalue weighted by Gasteiger charge is -2.41. The summed E-state index contributed by atoms with van der Waals surface area (Å²) in [6.45, 7) is 5.54. The van der Waals surface area contributed by atoms with Gasteiger partial charge in [-0.05, 0) is 122 Å². The molecule has 494 valence electrons. The highest BCUT2D eigenvalue weighted by molar-refractivity contribution is 5.80. The molecule has 1 rings (SSSR count). The summed E-state index contributed by atoms with van der Waals surface area (Å²) in [6, 6.07) is -1.05. The summed E-state index contributed by atoms with van der Waals surface area (Å²) in [4.78, 5) is 26.7. The van der Waals surface area contributed by atoms with Gasteiger partial charge in [-0.25, -0.2) is 0 Å². The Balaban J connectivity index is 2.65. The summed E-state index contributed by atoms with van der Waals surface area (Å²) in [7, 11) is 0. The van der Waals surface area contributed by atoms with Crippen LogP contribution in [-0.2, 0) is 23.8 Å². The van der Waals surface area contributed by atoms with Gasteiger partial charge in [-0.15, -0.1) is 0 Å². The summed E-state index contributed by atoms with van der Waals surface area (Å²) in [5, 5.41) is 57.2. The van der Waals surface area contributed by atoms with E-state index in [4.69, 9.17) is 14.2 Å². The van der Waals surface area contributed by atoms with Crippen LogP contribution in [0.4, 0.5) is 0 Å². The Kier molecular flexibility index (Phi) is 57.2. The molecule has 8 atom stereocenters. The van der Waals surface area contributed by atoms with Gasteiger partial charge < -0.3 is 45.1 Å². The number of esters is 1.